The van der Waals surface area contributed by atoms with Gasteiger partial charge in [-0.25, -0.2) is 0 Å². The zero-order valence-electron chi connectivity index (χ0n) is 20.9. The van der Waals surface area contributed by atoms with Gasteiger partial charge in [0.05, 0.1) is 6.61 Å². The Morgan fingerprint density at radius 1 is 0.556 bits per heavy atom. The number of hydrogen-bond donors (Lipinski definition) is 0. The molecule has 0 aromatic carbocycles. The van der Waals surface area contributed by atoms with Crippen molar-refractivity contribution in [3.63, 3.8) is 0 Å². The van der Waals surface area contributed by atoms with Gasteiger partial charge in [0.25, 0.3) is 0 Å². The quantitative estimate of drug-likeness (QED) is 0.108. The Balaban J connectivity index is -0.00000104. The molecule has 0 unspecified atom stereocenters. The van der Waals surface area contributed by atoms with Crippen LogP contribution in [0.2, 0.25) is 0 Å². The molecule has 0 aliphatic heterocycles. The van der Waals surface area contributed by atoms with E-state index in [0.717, 1.165) is 12.8 Å². The molecule has 0 saturated carbocycles. The largest absolute Gasteiger partial charge is 2.00 e. The molecule has 0 bridgehead atoms. The van der Waals surface area contributed by atoms with E-state index in [0.29, 0.717) is 13.0 Å². The van der Waals surface area contributed by atoms with Crippen molar-refractivity contribution in [2.75, 3.05) is 6.61 Å². The maximum absolute atomic E-state index is 11.6. The Kier molecular flexibility index (Phi) is 29.6. The Labute approximate surface area is 203 Å². The van der Waals surface area contributed by atoms with Crippen LogP contribution in [0.15, 0.2) is 0 Å². The van der Waals surface area contributed by atoms with Gasteiger partial charge >= 0.3 is 43.7 Å². The van der Waals surface area contributed by atoms with Crippen molar-refractivity contribution in [1.82, 2.24) is 0 Å². The molecule has 3 heteroatoms. The fourth-order valence-electron chi connectivity index (χ4n) is 3.43. The first kappa shape index (κ1) is 29.9. The van der Waals surface area contributed by atoms with Gasteiger partial charge in [-0.15, -0.1) is 0 Å². The van der Waals surface area contributed by atoms with Crippen LogP contribution in [0.4, 0.5) is 0 Å². The summed E-state index contributed by atoms with van der Waals surface area (Å²) in [6.07, 6.45) is 25.7. The number of esters is 1. The second kappa shape index (κ2) is 26.7. The fraction of sp³-hybridized carbons (Fsp3) is 0.958. The van der Waals surface area contributed by atoms with Crippen LogP contribution in [0, 0.1) is 0 Å². The summed E-state index contributed by atoms with van der Waals surface area (Å²) in [6, 6.07) is 0. The Bertz CT molecular complexity index is 292. The van der Waals surface area contributed by atoms with Gasteiger partial charge in [-0.05, 0) is 12.8 Å². The van der Waals surface area contributed by atoms with Gasteiger partial charge in [-0.3, -0.25) is 4.79 Å². The first-order valence-corrected chi connectivity index (χ1v) is 12.0. The van der Waals surface area contributed by atoms with E-state index in [1.54, 1.807) is 0 Å². The number of carbonyl (C=O) groups is 1. The summed E-state index contributed by atoms with van der Waals surface area (Å²) < 4.78 is 5.27. The van der Waals surface area contributed by atoms with Crippen LogP contribution in [-0.4, -0.2) is 50.3 Å². The topological polar surface area (TPSA) is 26.3 Å². The molecule has 0 aromatic heterocycles. The minimum atomic E-state index is 0. The van der Waals surface area contributed by atoms with Gasteiger partial charge in [-0.1, -0.05) is 123 Å². The van der Waals surface area contributed by atoms with Crippen molar-refractivity contribution in [2.24, 2.45) is 0 Å². The van der Waals surface area contributed by atoms with Crippen LogP contribution in [0.5, 0.6) is 0 Å². The average molecular weight is 411 g/mol. The molecule has 160 valence electrons. The molecule has 0 radical (unpaired) electrons. The molecule has 0 atom stereocenters. The average Bonchev–Trinajstić information content (AvgIpc) is 2.64. The molecule has 2 nitrogen and oxygen atoms in total. The minimum Gasteiger partial charge on any atom is -1.00 e. The van der Waals surface area contributed by atoms with E-state index < -0.39 is 0 Å². The summed E-state index contributed by atoms with van der Waals surface area (Å²) in [7, 11) is 0. The predicted molar refractivity (Wildman–Crippen MR) is 123 cm³/mol. The molecule has 0 heterocycles. The fourth-order valence-corrected chi connectivity index (χ4v) is 3.43. The second-order valence-corrected chi connectivity index (χ2v) is 7.98. The zero-order valence-corrected chi connectivity index (χ0v) is 21.1. The molecule has 0 amide bonds. The molecule has 0 rings (SSSR count). The van der Waals surface area contributed by atoms with Gasteiger partial charge in [-0.2, -0.15) is 0 Å². The summed E-state index contributed by atoms with van der Waals surface area (Å²) in [5.41, 5.74) is 0. The number of hydrogen-bond acceptors (Lipinski definition) is 2. The van der Waals surface area contributed by atoms with Gasteiger partial charge in [0.15, 0.2) is 0 Å². The minimum absolute atomic E-state index is 0. The third-order valence-electron chi connectivity index (χ3n) is 5.25. The van der Waals surface area contributed by atoms with Gasteiger partial charge < -0.3 is 7.59 Å². The molecule has 27 heavy (non-hydrogen) atoms. The molecule has 0 fully saturated rings. The van der Waals surface area contributed by atoms with Gasteiger partial charge in [0, 0.05) is 6.42 Å². The Hall–Kier alpha value is 0.730. The van der Waals surface area contributed by atoms with E-state index in [4.69, 9.17) is 4.74 Å². The van der Waals surface area contributed by atoms with Crippen molar-refractivity contribution in [3.8, 4) is 0 Å². The summed E-state index contributed by atoms with van der Waals surface area (Å²) >= 11 is 0. The smallest absolute Gasteiger partial charge is 1.00 e. The maximum Gasteiger partial charge on any atom is 2.00 e. The van der Waals surface area contributed by atoms with E-state index >= 15 is 0 Å². The number of rotatable bonds is 21. The van der Waals surface area contributed by atoms with Crippen LogP contribution in [0.1, 0.15) is 145 Å². The molecule has 0 spiro atoms. The van der Waals surface area contributed by atoms with Gasteiger partial charge in [0.2, 0.25) is 0 Å². The zero-order chi connectivity index (χ0) is 19.1. The van der Waals surface area contributed by atoms with Crippen LogP contribution in [0.3, 0.4) is 0 Å². The maximum atomic E-state index is 11.6. The summed E-state index contributed by atoms with van der Waals surface area (Å²) in [6.45, 7) is 5.10. The third kappa shape index (κ3) is 26.7. The first-order chi connectivity index (χ1) is 12.8. The Morgan fingerprint density at radius 2 is 0.889 bits per heavy atom. The van der Waals surface area contributed by atoms with Crippen LogP contribution >= 0.6 is 0 Å². The van der Waals surface area contributed by atoms with Crippen LogP contribution in [-0.2, 0) is 9.53 Å². The van der Waals surface area contributed by atoms with Crippen molar-refractivity contribution < 1.29 is 12.4 Å². The van der Waals surface area contributed by atoms with E-state index in [1.807, 2.05) is 0 Å². The number of carbonyl (C=O) groups excluding carboxylic acids is 1. The monoisotopic (exact) mass is 410 g/mol. The van der Waals surface area contributed by atoms with Crippen molar-refractivity contribution in [2.45, 2.75) is 142 Å². The van der Waals surface area contributed by atoms with Gasteiger partial charge in [0.1, 0.15) is 0 Å². The molecule has 0 saturated heterocycles. The predicted octanol–water partition coefficient (Wildman–Crippen LogP) is 8.22. The van der Waals surface area contributed by atoms with E-state index in [9.17, 15) is 4.79 Å². The van der Waals surface area contributed by atoms with E-state index in [1.165, 1.54) is 109 Å². The SMILES string of the molecule is CCCCCCCCCCCCCCCCCC(=O)OCCCCCC.[Ca+2].[H-].[H-]. The third-order valence-corrected chi connectivity index (χ3v) is 5.25. The van der Waals surface area contributed by atoms with Crippen LogP contribution in [0.25, 0.3) is 0 Å². The van der Waals surface area contributed by atoms with Crippen molar-refractivity contribution in [3.05, 3.63) is 0 Å². The first-order valence-electron chi connectivity index (χ1n) is 12.0. The van der Waals surface area contributed by atoms with Crippen LogP contribution < -0.4 is 0 Å². The van der Waals surface area contributed by atoms with E-state index in [-0.39, 0.29) is 46.6 Å². The van der Waals surface area contributed by atoms with Crippen molar-refractivity contribution in [1.29, 1.82) is 0 Å². The van der Waals surface area contributed by atoms with E-state index in [2.05, 4.69) is 13.8 Å². The Morgan fingerprint density at radius 3 is 1.30 bits per heavy atom. The molecule has 0 N–H and O–H groups in total. The summed E-state index contributed by atoms with van der Waals surface area (Å²) in [5, 5.41) is 0. The molecule has 0 aliphatic rings. The number of ether oxygens (including phenoxy) is 1. The van der Waals surface area contributed by atoms with Crippen molar-refractivity contribution >= 4 is 43.7 Å². The molecule has 0 aromatic rings. The summed E-state index contributed by atoms with van der Waals surface area (Å²) in [5.74, 6) is 0.0104. The second-order valence-electron chi connectivity index (χ2n) is 7.98. The molecular weight excluding hydrogens is 360 g/mol. The number of unbranched alkanes of at least 4 members (excludes halogenated alkanes) is 17. The standard InChI is InChI=1S/C24H48O2.Ca.2H/c1-3-5-7-9-10-11-12-13-14-15-16-17-18-19-20-22-24(25)26-23-21-8-6-4-2;;;/h3-23H2,1-2H3;;;/q;+2;2*-1. The molecule has 0 aliphatic carbocycles. The normalized spacial score (nSPS) is 10.6. The molecular formula is C24H50CaO2. The summed E-state index contributed by atoms with van der Waals surface area (Å²) in [4.78, 5) is 11.6.